The number of anilines is 1. The van der Waals surface area contributed by atoms with E-state index < -0.39 is 35.2 Å². The maximum Gasteiger partial charge on any atom is 0.416 e. The molecule has 0 bridgehead atoms. The Hall–Kier alpha value is -3.96. The van der Waals surface area contributed by atoms with Gasteiger partial charge < -0.3 is 14.3 Å². The van der Waals surface area contributed by atoms with Gasteiger partial charge in [-0.1, -0.05) is 11.2 Å². The molecule has 1 N–H and O–H groups in total. The van der Waals surface area contributed by atoms with Gasteiger partial charge in [-0.05, 0) is 43.7 Å². The lowest BCUT2D eigenvalue weighted by Crippen LogP contribution is -2.18. The molecule has 7 nitrogen and oxygen atoms in total. The monoisotopic (exact) mass is 494 g/mol. The number of alkyl halides is 5. The average molecular weight is 494 g/mol. The third-order valence-corrected chi connectivity index (χ3v) is 5.37. The normalized spacial score (nSPS) is 13.1. The lowest BCUT2D eigenvalue weighted by Gasteiger charge is -2.22. The molecule has 1 amide bonds. The average Bonchev–Trinajstić information content (AvgIpc) is 3.53. The van der Waals surface area contributed by atoms with Gasteiger partial charge in [0, 0.05) is 24.8 Å². The van der Waals surface area contributed by atoms with E-state index in [1.165, 1.54) is 30.1 Å². The Morgan fingerprint density at radius 3 is 2.49 bits per heavy atom. The summed E-state index contributed by atoms with van der Waals surface area (Å²) < 4.78 is 79.3. The standard InChI is InChI=1S/C23H19F5N4O3/c1-12-18(29-21(33)17-10-20(35-31-17)19-5-4-8-34-19)11-32(30-12)13(2)15-7-6-14(23(26,27)28)9-16(15)22(3,24)25/h4-11,13H,1-3H3,(H,29,33). The predicted octanol–water partition coefficient (Wildman–Crippen LogP) is 6.43. The van der Waals surface area contributed by atoms with Crippen LogP contribution in [0.3, 0.4) is 0 Å². The van der Waals surface area contributed by atoms with E-state index in [1.807, 2.05) is 0 Å². The van der Waals surface area contributed by atoms with Crippen molar-refractivity contribution in [2.75, 3.05) is 5.32 Å². The van der Waals surface area contributed by atoms with Crippen molar-refractivity contribution in [2.45, 2.75) is 38.9 Å². The van der Waals surface area contributed by atoms with Gasteiger partial charge in [-0.2, -0.15) is 18.3 Å². The summed E-state index contributed by atoms with van der Waals surface area (Å²) in [5.41, 5.74) is -1.38. The summed E-state index contributed by atoms with van der Waals surface area (Å²) in [7, 11) is 0. The maximum absolute atomic E-state index is 14.2. The Balaban J connectivity index is 1.59. The molecule has 0 aliphatic heterocycles. The molecule has 0 saturated carbocycles. The van der Waals surface area contributed by atoms with E-state index in [-0.39, 0.29) is 22.7 Å². The van der Waals surface area contributed by atoms with E-state index in [4.69, 9.17) is 8.94 Å². The highest BCUT2D eigenvalue weighted by atomic mass is 19.4. The van der Waals surface area contributed by atoms with Gasteiger partial charge in [0.25, 0.3) is 11.8 Å². The molecule has 0 spiro atoms. The van der Waals surface area contributed by atoms with Gasteiger partial charge in [0.15, 0.2) is 11.5 Å². The number of rotatable bonds is 6. The number of carbonyl (C=O) groups excluding carboxylic acids is 1. The number of benzene rings is 1. The molecule has 1 aromatic carbocycles. The van der Waals surface area contributed by atoms with Crippen molar-refractivity contribution in [2.24, 2.45) is 0 Å². The zero-order chi connectivity index (χ0) is 25.5. The van der Waals surface area contributed by atoms with Crippen molar-refractivity contribution in [3.63, 3.8) is 0 Å². The molecular weight excluding hydrogens is 475 g/mol. The van der Waals surface area contributed by atoms with E-state index in [0.717, 1.165) is 12.1 Å². The molecule has 0 radical (unpaired) electrons. The molecule has 3 aromatic heterocycles. The molecule has 0 aliphatic rings. The number of nitrogens with one attached hydrogen (secondary N) is 1. The van der Waals surface area contributed by atoms with Crippen LogP contribution in [0.4, 0.5) is 27.6 Å². The summed E-state index contributed by atoms with van der Waals surface area (Å²) >= 11 is 0. The summed E-state index contributed by atoms with van der Waals surface area (Å²) in [6, 6.07) is 6.02. The van der Waals surface area contributed by atoms with E-state index >= 15 is 0 Å². The Labute approximate surface area is 195 Å². The van der Waals surface area contributed by atoms with Crippen LogP contribution in [0, 0.1) is 6.92 Å². The summed E-state index contributed by atoms with van der Waals surface area (Å²) in [5.74, 6) is -3.51. The van der Waals surface area contributed by atoms with Gasteiger partial charge in [-0.25, -0.2) is 8.78 Å². The number of hydrogen-bond donors (Lipinski definition) is 1. The molecule has 1 atom stereocenters. The lowest BCUT2D eigenvalue weighted by molar-refractivity contribution is -0.137. The van der Waals surface area contributed by atoms with Crippen molar-refractivity contribution < 1.29 is 35.7 Å². The second-order valence-corrected chi connectivity index (χ2v) is 7.98. The van der Waals surface area contributed by atoms with E-state index in [1.54, 1.807) is 19.1 Å². The second kappa shape index (κ2) is 8.67. The Bertz CT molecular complexity index is 1350. The van der Waals surface area contributed by atoms with Crippen LogP contribution in [0.2, 0.25) is 0 Å². The fraction of sp³-hybridized carbons (Fsp3) is 0.261. The first kappa shape index (κ1) is 24.2. The number of nitrogens with zero attached hydrogens (tertiary/aromatic N) is 3. The minimum absolute atomic E-state index is 0.0350. The Morgan fingerprint density at radius 1 is 1.11 bits per heavy atom. The highest BCUT2D eigenvalue weighted by molar-refractivity contribution is 6.03. The van der Waals surface area contributed by atoms with Gasteiger partial charge in [0.05, 0.1) is 29.2 Å². The molecule has 12 heteroatoms. The quantitative estimate of drug-likeness (QED) is 0.312. The van der Waals surface area contributed by atoms with Crippen LogP contribution < -0.4 is 5.32 Å². The molecule has 0 fully saturated rings. The number of hydrogen-bond acceptors (Lipinski definition) is 5. The van der Waals surface area contributed by atoms with E-state index in [2.05, 4.69) is 15.6 Å². The van der Waals surface area contributed by atoms with Crippen LogP contribution in [0.15, 0.2) is 57.8 Å². The number of aryl methyl sites for hydroxylation is 1. The number of aromatic nitrogens is 3. The van der Waals surface area contributed by atoms with Gasteiger partial charge in [-0.3, -0.25) is 9.48 Å². The molecule has 4 aromatic rings. The fourth-order valence-corrected chi connectivity index (χ4v) is 3.53. The minimum atomic E-state index is -4.76. The number of amides is 1. The van der Waals surface area contributed by atoms with Crippen LogP contribution in [0.1, 0.15) is 52.8 Å². The first-order chi connectivity index (χ1) is 16.3. The minimum Gasteiger partial charge on any atom is -0.461 e. The van der Waals surface area contributed by atoms with E-state index in [9.17, 15) is 26.7 Å². The first-order valence-corrected chi connectivity index (χ1v) is 10.3. The molecular formula is C23H19F5N4O3. The van der Waals surface area contributed by atoms with Crippen LogP contribution in [0.25, 0.3) is 11.5 Å². The third-order valence-electron chi connectivity index (χ3n) is 5.37. The SMILES string of the molecule is Cc1nn(C(C)c2ccc(C(F)(F)F)cc2C(C)(F)F)cc1NC(=O)c1cc(-c2ccco2)on1. The van der Waals surface area contributed by atoms with Crippen LogP contribution >= 0.6 is 0 Å². The third kappa shape index (κ3) is 4.96. The molecule has 3 heterocycles. The van der Waals surface area contributed by atoms with Gasteiger partial charge in [0.2, 0.25) is 5.76 Å². The van der Waals surface area contributed by atoms with Crippen molar-refractivity contribution in [1.82, 2.24) is 14.9 Å². The Morgan fingerprint density at radius 2 is 1.86 bits per heavy atom. The van der Waals surface area contributed by atoms with Crippen LogP contribution in [0.5, 0.6) is 0 Å². The second-order valence-electron chi connectivity index (χ2n) is 7.98. The highest BCUT2D eigenvalue weighted by Gasteiger charge is 2.36. The summed E-state index contributed by atoms with van der Waals surface area (Å²) in [6.07, 6.45) is -1.92. The zero-order valence-corrected chi connectivity index (χ0v) is 18.7. The highest BCUT2D eigenvalue weighted by Crippen LogP contribution is 2.39. The summed E-state index contributed by atoms with van der Waals surface area (Å²) in [6.45, 7) is 3.63. The number of carbonyl (C=O) groups is 1. The fourth-order valence-electron chi connectivity index (χ4n) is 3.53. The molecule has 1 unspecified atom stereocenters. The van der Waals surface area contributed by atoms with Crippen LogP contribution in [-0.4, -0.2) is 20.8 Å². The molecule has 0 saturated heterocycles. The first-order valence-electron chi connectivity index (χ1n) is 10.3. The van der Waals surface area contributed by atoms with E-state index in [0.29, 0.717) is 24.4 Å². The van der Waals surface area contributed by atoms with Gasteiger partial charge in [-0.15, -0.1) is 0 Å². The van der Waals surface area contributed by atoms with Crippen LogP contribution in [-0.2, 0) is 12.1 Å². The van der Waals surface area contributed by atoms with Crippen molar-refractivity contribution >= 4 is 11.6 Å². The summed E-state index contributed by atoms with van der Waals surface area (Å²) in [4.78, 5) is 12.6. The largest absolute Gasteiger partial charge is 0.461 e. The molecule has 35 heavy (non-hydrogen) atoms. The van der Waals surface area contributed by atoms with Crippen molar-refractivity contribution in [3.8, 4) is 11.5 Å². The molecule has 0 aliphatic carbocycles. The Kier molecular flexibility index (Phi) is 5.99. The molecule has 184 valence electrons. The van der Waals surface area contributed by atoms with Gasteiger partial charge in [0.1, 0.15) is 0 Å². The smallest absolute Gasteiger partial charge is 0.416 e. The lowest BCUT2D eigenvalue weighted by atomic mass is 9.95. The predicted molar refractivity (Wildman–Crippen MR) is 114 cm³/mol. The molecule has 4 rings (SSSR count). The number of halogens is 5. The van der Waals surface area contributed by atoms with Crippen molar-refractivity contribution in [1.29, 1.82) is 0 Å². The van der Waals surface area contributed by atoms with Gasteiger partial charge >= 0.3 is 6.18 Å². The summed E-state index contributed by atoms with van der Waals surface area (Å²) in [5, 5.41) is 10.6. The zero-order valence-electron chi connectivity index (χ0n) is 18.7. The topological polar surface area (TPSA) is 86.1 Å². The maximum atomic E-state index is 14.2. The van der Waals surface area contributed by atoms with Crippen molar-refractivity contribution in [3.05, 3.63) is 76.9 Å². The number of furan rings is 1.